The molecule has 0 spiro atoms. The topological polar surface area (TPSA) is 9.23 Å². The predicted octanol–water partition coefficient (Wildman–Crippen LogP) is 5.13. The van der Waals surface area contributed by atoms with E-state index in [1.165, 1.54) is 6.07 Å². The number of alkyl halides is 1. The van der Waals surface area contributed by atoms with Gasteiger partial charge in [0, 0.05) is 16.5 Å². The van der Waals surface area contributed by atoms with E-state index in [1.54, 1.807) is 6.07 Å². The Hall–Kier alpha value is -1.54. The quantitative estimate of drug-likeness (QED) is 0.699. The van der Waals surface area contributed by atoms with Crippen molar-refractivity contribution in [1.82, 2.24) is 0 Å². The average molecular weight is 305 g/mol. The Balaban J connectivity index is 2.03. The van der Waals surface area contributed by atoms with Gasteiger partial charge in [0.25, 0.3) is 0 Å². The number of hydrogen-bond donors (Lipinski definition) is 0. The fraction of sp³-hybridized carbons (Fsp3) is 0.333. The molecule has 1 atom stereocenters. The summed E-state index contributed by atoms with van der Waals surface area (Å²) in [5.41, 5.74) is 3.53. The molecule has 1 heterocycles. The van der Waals surface area contributed by atoms with Gasteiger partial charge in [-0.3, -0.25) is 0 Å². The van der Waals surface area contributed by atoms with E-state index in [1.807, 2.05) is 31.2 Å². The number of ether oxygens (including phenoxy) is 1. The number of rotatable bonds is 2. The largest absolute Gasteiger partial charge is 0.492 e. The van der Waals surface area contributed by atoms with Crippen molar-refractivity contribution in [2.45, 2.75) is 31.6 Å². The lowest BCUT2D eigenvalue weighted by Gasteiger charge is -2.18. The Morgan fingerprint density at radius 1 is 1.19 bits per heavy atom. The predicted molar refractivity (Wildman–Crippen MR) is 83.8 cm³/mol. The zero-order chi connectivity index (χ0) is 15.2. The van der Waals surface area contributed by atoms with Crippen LogP contribution in [0.4, 0.5) is 4.39 Å². The standard InChI is InChI=1S/C18H18ClFO/c1-11-4-6-15(20)13(8-11)17(19)12-5-7-16-14(9-12)18(2,3)10-21-16/h4-9,17H,10H2,1-3H3. The van der Waals surface area contributed by atoms with Crippen molar-refractivity contribution in [3.05, 3.63) is 64.5 Å². The van der Waals surface area contributed by atoms with E-state index in [0.29, 0.717) is 12.2 Å². The molecule has 0 radical (unpaired) electrons. The van der Waals surface area contributed by atoms with Crippen LogP contribution in [0.15, 0.2) is 36.4 Å². The minimum atomic E-state index is -0.494. The summed E-state index contributed by atoms with van der Waals surface area (Å²) in [5.74, 6) is 0.633. The molecule has 2 aromatic carbocycles. The van der Waals surface area contributed by atoms with Crippen LogP contribution in [0.5, 0.6) is 5.75 Å². The Morgan fingerprint density at radius 2 is 1.95 bits per heavy atom. The molecule has 1 aliphatic heterocycles. The summed E-state index contributed by atoms with van der Waals surface area (Å²) in [5, 5.41) is -0.494. The van der Waals surface area contributed by atoms with Crippen LogP contribution in [0.3, 0.4) is 0 Å². The van der Waals surface area contributed by atoms with Crippen LogP contribution in [0.25, 0.3) is 0 Å². The molecular formula is C18H18ClFO. The van der Waals surface area contributed by atoms with Crippen molar-refractivity contribution in [3.63, 3.8) is 0 Å². The fourth-order valence-electron chi connectivity index (χ4n) is 2.73. The maximum atomic E-state index is 14.0. The van der Waals surface area contributed by atoms with Crippen LogP contribution in [-0.2, 0) is 5.41 Å². The molecule has 3 heteroatoms. The van der Waals surface area contributed by atoms with Gasteiger partial charge in [-0.25, -0.2) is 4.39 Å². The average Bonchev–Trinajstić information content (AvgIpc) is 2.76. The summed E-state index contributed by atoms with van der Waals surface area (Å²) in [6, 6.07) is 10.9. The van der Waals surface area contributed by atoms with E-state index in [-0.39, 0.29) is 11.2 Å². The smallest absolute Gasteiger partial charge is 0.128 e. The van der Waals surface area contributed by atoms with Crippen LogP contribution in [-0.4, -0.2) is 6.61 Å². The maximum absolute atomic E-state index is 14.0. The van der Waals surface area contributed by atoms with Gasteiger partial charge in [0.2, 0.25) is 0 Å². The molecule has 0 fully saturated rings. The van der Waals surface area contributed by atoms with Gasteiger partial charge in [0.05, 0.1) is 12.0 Å². The highest BCUT2D eigenvalue weighted by molar-refractivity contribution is 6.22. The number of aryl methyl sites for hydroxylation is 1. The van der Waals surface area contributed by atoms with Crippen LogP contribution in [0.1, 0.15) is 41.5 Å². The molecule has 2 aromatic rings. The Bertz CT molecular complexity index is 694. The second-order valence-electron chi connectivity index (χ2n) is 6.32. The molecule has 0 saturated carbocycles. The Kier molecular flexibility index (Phi) is 3.45. The molecule has 0 aromatic heterocycles. The van der Waals surface area contributed by atoms with Crippen molar-refractivity contribution < 1.29 is 9.13 Å². The van der Waals surface area contributed by atoms with Crippen LogP contribution >= 0.6 is 11.6 Å². The zero-order valence-corrected chi connectivity index (χ0v) is 13.2. The van der Waals surface area contributed by atoms with Gasteiger partial charge in [-0.1, -0.05) is 37.6 Å². The summed E-state index contributed by atoms with van der Waals surface area (Å²) < 4.78 is 19.7. The van der Waals surface area contributed by atoms with E-state index in [9.17, 15) is 4.39 Å². The summed E-state index contributed by atoms with van der Waals surface area (Å²) in [6.45, 7) is 6.88. The first-order valence-corrected chi connectivity index (χ1v) is 7.49. The summed E-state index contributed by atoms with van der Waals surface area (Å²) >= 11 is 6.52. The van der Waals surface area contributed by atoms with Crippen LogP contribution < -0.4 is 4.74 Å². The zero-order valence-electron chi connectivity index (χ0n) is 12.4. The lowest BCUT2D eigenvalue weighted by Crippen LogP contribution is -2.18. The first kappa shape index (κ1) is 14.4. The first-order chi connectivity index (χ1) is 9.88. The van der Waals surface area contributed by atoms with E-state index in [0.717, 1.165) is 22.4 Å². The van der Waals surface area contributed by atoms with Crippen molar-refractivity contribution in [2.24, 2.45) is 0 Å². The van der Waals surface area contributed by atoms with Crippen LogP contribution in [0, 0.1) is 12.7 Å². The van der Waals surface area contributed by atoms with Gasteiger partial charge in [0.15, 0.2) is 0 Å². The van der Waals surface area contributed by atoms with Gasteiger partial charge >= 0.3 is 0 Å². The molecule has 0 bridgehead atoms. The van der Waals surface area contributed by atoms with Crippen molar-refractivity contribution in [3.8, 4) is 5.75 Å². The Labute approximate surface area is 129 Å². The molecule has 0 aliphatic carbocycles. The minimum Gasteiger partial charge on any atom is -0.492 e. The molecule has 1 aliphatic rings. The van der Waals surface area contributed by atoms with Crippen LogP contribution in [0.2, 0.25) is 0 Å². The van der Waals surface area contributed by atoms with E-state index in [2.05, 4.69) is 13.8 Å². The first-order valence-electron chi connectivity index (χ1n) is 7.06. The molecule has 0 N–H and O–H groups in total. The van der Waals surface area contributed by atoms with Gasteiger partial charge in [-0.15, -0.1) is 11.6 Å². The summed E-state index contributed by atoms with van der Waals surface area (Å²) in [4.78, 5) is 0. The monoisotopic (exact) mass is 304 g/mol. The van der Waals surface area contributed by atoms with E-state index in [4.69, 9.17) is 16.3 Å². The Morgan fingerprint density at radius 3 is 2.71 bits per heavy atom. The van der Waals surface area contributed by atoms with Gasteiger partial charge in [-0.05, 0) is 30.7 Å². The highest BCUT2D eigenvalue weighted by Gasteiger charge is 2.32. The summed E-state index contributed by atoms with van der Waals surface area (Å²) in [7, 11) is 0. The second-order valence-corrected chi connectivity index (χ2v) is 6.75. The lowest BCUT2D eigenvalue weighted by atomic mass is 9.85. The van der Waals surface area contributed by atoms with E-state index >= 15 is 0 Å². The molecule has 1 unspecified atom stereocenters. The number of benzene rings is 2. The number of fused-ring (bicyclic) bond motifs is 1. The number of hydrogen-bond acceptors (Lipinski definition) is 1. The van der Waals surface area contributed by atoms with Crippen molar-refractivity contribution in [2.75, 3.05) is 6.61 Å². The normalized spacial score (nSPS) is 17.2. The highest BCUT2D eigenvalue weighted by atomic mass is 35.5. The van der Waals surface area contributed by atoms with Gasteiger partial charge in [0.1, 0.15) is 11.6 Å². The van der Waals surface area contributed by atoms with E-state index < -0.39 is 5.38 Å². The van der Waals surface area contributed by atoms with Gasteiger partial charge < -0.3 is 4.74 Å². The van der Waals surface area contributed by atoms with Crippen molar-refractivity contribution in [1.29, 1.82) is 0 Å². The SMILES string of the molecule is Cc1ccc(F)c(C(Cl)c2ccc3c(c2)C(C)(C)CO3)c1. The highest BCUT2D eigenvalue weighted by Crippen LogP contribution is 2.41. The minimum absolute atomic E-state index is 0.0346. The summed E-state index contributed by atoms with van der Waals surface area (Å²) in [6.07, 6.45) is 0. The van der Waals surface area contributed by atoms with Gasteiger partial charge in [-0.2, -0.15) is 0 Å². The molecule has 1 nitrogen and oxygen atoms in total. The fourth-order valence-corrected chi connectivity index (χ4v) is 3.04. The molecule has 0 amide bonds. The molecular weight excluding hydrogens is 287 g/mol. The number of halogens is 2. The molecule has 110 valence electrons. The maximum Gasteiger partial charge on any atom is 0.128 e. The third-order valence-electron chi connectivity index (χ3n) is 4.04. The lowest BCUT2D eigenvalue weighted by molar-refractivity contribution is 0.291. The molecule has 0 saturated heterocycles. The third-order valence-corrected chi connectivity index (χ3v) is 4.53. The molecule has 3 rings (SSSR count). The third kappa shape index (κ3) is 2.53. The van der Waals surface area contributed by atoms with Crippen molar-refractivity contribution >= 4 is 11.6 Å². The molecule has 21 heavy (non-hydrogen) atoms. The second kappa shape index (κ2) is 5.03.